The summed E-state index contributed by atoms with van der Waals surface area (Å²) in [7, 11) is 0. The van der Waals surface area contributed by atoms with Crippen LogP contribution in [-0.4, -0.2) is 23.5 Å². The molecule has 0 aliphatic heterocycles. The highest BCUT2D eigenvalue weighted by Gasteiger charge is 2.21. The normalized spacial score (nSPS) is 15.6. The van der Waals surface area contributed by atoms with Crippen LogP contribution in [0.1, 0.15) is 38.0 Å². The van der Waals surface area contributed by atoms with Gasteiger partial charge in [-0.2, -0.15) is 0 Å². The molecule has 1 fully saturated rings. The molecule has 1 aromatic rings. The number of hydrogen-bond donors (Lipinski definition) is 1. The highest BCUT2D eigenvalue weighted by molar-refractivity contribution is 5.17. The van der Waals surface area contributed by atoms with E-state index in [1.807, 2.05) is 6.08 Å². The zero-order valence-corrected chi connectivity index (χ0v) is 11.5. The molecule has 2 rings (SSSR count). The first-order valence-corrected chi connectivity index (χ1v) is 6.84. The van der Waals surface area contributed by atoms with Gasteiger partial charge in [0.25, 0.3) is 0 Å². The lowest BCUT2D eigenvalue weighted by Gasteiger charge is -2.24. The molecule has 0 spiro atoms. The zero-order valence-electron chi connectivity index (χ0n) is 11.5. The van der Waals surface area contributed by atoms with Crippen LogP contribution in [0.4, 0.5) is 0 Å². The molecule has 0 bridgehead atoms. The van der Waals surface area contributed by atoms with Crippen LogP contribution in [0.2, 0.25) is 0 Å². The van der Waals surface area contributed by atoms with Gasteiger partial charge in [0, 0.05) is 30.7 Å². The smallest absolute Gasteiger partial charge is 0.122 e. The Hall–Kier alpha value is -1.06. The van der Waals surface area contributed by atoms with Crippen molar-refractivity contribution in [2.45, 2.75) is 51.9 Å². The summed E-state index contributed by atoms with van der Waals surface area (Å²) in [5.74, 6) is 1.08. The van der Waals surface area contributed by atoms with Gasteiger partial charge in [0.05, 0.1) is 12.8 Å². The summed E-state index contributed by atoms with van der Waals surface area (Å²) in [4.78, 5) is 2.39. The Kier molecular flexibility index (Phi) is 4.61. The minimum absolute atomic E-state index is 0.516. The first-order chi connectivity index (χ1) is 8.70. The topological polar surface area (TPSA) is 28.4 Å². The molecule has 0 aromatic carbocycles. The standard InChI is InChI=1S/C15H24N2O/c1-4-8-17(12(2)3)11-13-7-9-18-15(13)10-16-14-5-6-14/h4,7,9,12,14,16H,1,5-6,8,10-11H2,2-3H3. The first kappa shape index (κ1) is 13.4. The van der Waals surface area contributed by atoms with E-state index in [2.05, 4.69) is 36.7 Å². The summed E-state index contributed by atoms with van der Waals surface area (Å²) >= 11 is 0. The van der Waals surface area contributed by atoms with Crippen LogP contribution < -0.4 is 5.32 Å². The van der Waals surface area contributed by atoms with Crippen LogP contribution in [0, 0.1) is 0 Å². The van der Waals surface area contributed by atoms with Crippen LogP contribution in [0.5, 0.6) is 0 Å². The number of hydrogen-bond acceptors (Lipinski definition) is 3. The number of nitrogens with one attached hydrogen (secondary N) is 1. The molecular weight excluding hydrogens is 224 g/mol. The van der Waals surface area contributed by atoms with E-state index in [9.17, 15) is 0 Å². The molecular formula is C15H24N2O. The highest BCUT2D eigenvalue weighted by Crippen LogP contribution is 2.21. The second kappa shape index (κ2) is 6.21. The van der Waals surface area contributed by atoms with Gasteiger partial charge in [-0.25, -0.2) is 0 Å². The van der Waals surface area contributed by atoms with Crippen molar-refractivity contribution >= 4 is 0 Å². The predicted octanol–water partition coefficient (Wildman–Crippen LogP) is 2.93. The van der Waals surface area contributed by atoms with Crippen molar-refractivity contribution in [2.75, 3.05) is 6.54 Å². The fourth-order valence-corrected chi connectivity index (χ4v) is 2.03. The van der Waals surface area contributed by atoms with Crippen LogP contribution in [-0.2, 0) is 13.1 Å². The Balaban J connectivity index is 1.93. The van der Waals surface area contributed by atoms with Crippen molar-refractivity contribution in [1.29, 1.82) is 0 Å². The first-order valence-electron chi connectivity index (χ1n) is 6.84. The molecule has 3 heteroatoms. The van der Waals surface area contributed by atoms with Crippen molar-refractivity contribution in [2.24, 2.45) is 0 Å². The summed E-state index contributed by atoms with van der Waals surface area (Å²) < 4.78 is 5.59. The molecule has 1 aromatic heterocycles. The summed E-state index contributed by atoms with van der Waals surface area (Å²) in [5.41, 5.74) is 1.29. The van der Waals surface area contributed by atoms with Gasteiger partial charge in [-0.15, -0.1) is 6.58 Å². The Morgan fingerprint density at radius 3 is 2.94 bits per heavy atom. The molecule has 1 aliphatic carbocycles. The zero-order chi connectivity index (χ0) is 13.0. The van der Waals surface area contributed by atoms with Gasteiger partial charge in [-0.05, 0) is 32.8 Å². The van der Waals surface area contributed by atoms with E-state index < -0.39 is 0 Å². The predicted molar refractivity (Wildman–Crippen MR) is 74.3 cm³/mol. The Morgan fingerprint density at radius 1 is 1.56 bits per heavy atom. The molecule has 0 amide bonds. The lowest BCUT2D eigenvalue weighted by molar-refractivity contribution is 0.235. The number of nitrogens with zero attached hydrogens (tertiary/aromatic N) is 1. The van der Waals surface area contributed by atoms with E-state index >= 15 is 0 Å². The third-order valence-electron chi connectivity index (χ3n) is 3.43. The molecule has 1 N–H and O–H groups in total. The Labute approximate surface area is 110 Å². The van der Waals surface area contributed by atoms with Crippen molar-refractivity contribution in [3.63, 3.8) is 0 Å². The fourth-order valence-electron chi connectivity index (χ4n) is 2.03. The summed E-state index contributed by atoms with van der Waals surface area (Å²) in [6.45, 7) is 11.0. The van der Waals surface area contributed by atoms with Gasteiger partial charge < -0.3 is 9.73 Å². The molecule has 0 saturated heterocycles. The molecule has 100 valence electrons. The summed E-state index contributed by atoms with van der Waals surface area (Å²) in [6.07, 6.45) is 6.38. The van der Waals surface area contributed by atoms with E-state index in [0.717, 1.165) is 31.4 Å². The van der Waals surface area contributed by atoms with E-state index in [0.29, 0.717) is 6.04 Å². The third kappa shape index (κ3) is 3.72. The van der Waals surface area contributed by atoms with Crippen LogP contribution in [0.3, 0.4) is 0 Å². The Morgan fingerprint density at radius 2 is 2.33 bits per heavy atom. The SMILES string of the molecule is C=CCN(Cc1ccoc1CNC1CC1)C(C)C. The monoisotopic (exact) mass is 248 g/mol. The molecule has 1 aliphatic rings. The van der Waals surface area contributed by atoms with Gasteiger partial charge in [0.1, 0.15) is 5.76 Å². The molecule has 1 heterocycles. The van der Waals surface area contributed by atoms with Crippen molar-refractivity contribution < 1.29 is 4.42 Å². The van der Waals surface area contributed by atoms with Crippen molar-refractivity contribution in [3.8, 4) is 0 Å². The van der Waals surface area contributed by atoms with Gasteiger partial charge in [-0.1, -0.05) is 6.08 Å². The minimum atomic E-state index is 0.516. The maximum absolute atomic E-state index is 5.59. The van der Waals surface area contributed by atoms with Crippen LogP contribution in [0.25, 0.3) is 0 Å². The van der Waals surface area contributed by atoms with Crippen molar-refractivity contribution in [3.05, 3.63) is 36.3 Å². The summed E-state index contributed by atoms with van der Waals surface area (Å²) in [6, 6.07) is 3.32. The van der Waals surface area contributed by atoms with Crippen LogP contribution >= 0.6 is 0 Å². The average Bonchev–Trinajstić information content (AvgIpc) is 3.06. The van der Waals surface area contributed by atoms with Gasteiger partial charge in [-0.3, -0.25) is 4.90 Å². The lowest BCUT2D eigenvalue weighted by atomic mass is 10.2. The average molecular weight is 248 g/mol. The maximum atomic E-state index is 5.59. The quantitative estimate of drug-likeness (QED) is 0.717. The van der Waals surface area contributed by atoms with E-state index in [1.165, 1.54) is 18.4 Å². The molecule has 1 saturated carbocycles. The summed E-state index contributed by atoms with van der Waals surface area (Å²) in [5, 5.41) is 3.50. The molecule has 3 nitrogen and oxygen atoms in total. The highest BCUT2D eigenvalue weighted by atomic mass is 16.3. The molecule has 0 atom stereocenters. The third-order valence-corrected chi connectivity index (χ3v) is 3.43. The van der Waals surface area contributed by atoms with Gasteiger partial charge >= 0.3 is 0 Å². The Bertz CT molecular complexity index is 380. The largest absolute Gasteiger partial charge is 0.468 e. The second-order valence-electron chi connectivity index (χ2n) is 5.34. The lowest BCUT2D eigenvalue weighted by Crippen LogP contribution is -2.30. The maximum Gasteiger partial charge on any atom is 0.122 e. The number of rotatable bonds is 8. The van der Waals surface area contributed by atoms with Gasteiger partial charge in [0.2, 0.25) is 0 Å². The second-order valence-corrected chi connectivity index (χ2v) is 5.34. The number of furan rings is 1. The fraction of sp³-hybridized carbons (Fsp3) is 0.600. The van der Waals surface area contributed by atoms with Gasteiger partial charge in [0.15, 0.2) is 0 Å². The van der Waals surface area contributed by atoms with Crippen molar-refractivity contribution in [1.82, 2.24) is 10.2 Å². The molecule has 0 radical (unpaired) electrons. The molecule has 0 unspecified atom stereocenters. The van der Waals surface area contributed by atoms with E-state index in [4.69, 9.17) is 4.42 Å². The molecule has 18 heavy (non-hydrogen) atoms. The van der Waals surface area contributed by atoms with Crippen LogP contribution in [0.15, 0.2) is 29.4 Å². The minimum Gasteiger partial charge on any atom is -0.468 e. The van der Waals surface area contributed by atoms with E-state index in [1.54, 1.807) is 6.26 Å². The van der Waals surface area contributed by atoms with E-state index in [-0.39, 0.29) is 0 Å².